The maximum absolute atomic E-state index is 13.9. The highest BCUT2D eigenvalue weighted by molar-refractivity contribution is 6.17. The van der Waals surface area contributed by atoms with Gasteiger partial charge in [0.1, 0.15) is 5.82 Å². The van der Waals surface area contributed by atoms with Crippen LogP contribution in [0.25, 0.3) is 33.4 Å². The predicted molar refractivity (Wildman–Crippen MR) is 410 cm³/mol. The second kappa shape index (κ2) is 29.3. The molecule has 17 nitrogen and oxygen atoms in total. The van der Waals surface area contributed by atoms with Crippen molar-refractivity contribution in [2.75, 3.05) is 30.7 Å². The Kier molecular flexibility index (Phi) is 20.1. The van der Waals surface area contributed by atoms with Gasteiger partial charge in [-0.15, -0.1) is 0 Å². The molecule has 3 aromatic heterocycles. The molecule has 6 amide bonds. The number of H-pyrrole nitrogens is 2. The summed E-state index contributed by atoms with van der Waals surface area (Å²) < 4.78 is 125. The molecule has 0 aliphatic carbocycles. The molecule has 0 saturated carbocycles. The number of fused-ring (bicyclic) bond motifs is 3. The van der Waals surface area contributed by atoms with Crippen LogP contribution in [0.1, 0.15) is 123 Å². The molecule has 568 valence electrons. The maximum Gasteiger partial charge on any atom is 0.417 e. The summed E-state index contributed by atoms with van der Waals surface area (Å²) in [6, 6.07) is 51.7. The fourth-order valence-electron chi connectivity index (χ4n) is 14.3. The molecule has 12 aromatic rings. The van der Waals surface area contributed by atoms with E-state index in [0.29, 0.717) is 102 Å². The normalized spacial score (nSPS) is 14.5. The molecule has 3 aliphatic rings. The minimum Gasteiger partial charge on any atom is -0.330 e. The molecule has 0 atom stereocenters. The van der Waals surface area contributed by atoms with E-state index in [1.807, 2.05) is 20.8 Å². The Hall–Kier alpha value is -13.3. The Bertz CT molecular complexity index is 5440. The summed E-state index contributed by atoms with van der Waals surface area (Å²) in [6.45, 7) is 16.2. The minimum atomic E-state index is -4.73. The van der Waals surface area contributed by atoms with E-state index in [2.05, 4.69) is 41.1 Å². The molecule has 6 heterocycles. The van der Waals surface area contributed by atoms with E-state index < -0.39 is 85.9 Å². The van der Waals surface area contributed by atoms with E-state index in [9.17, 15) is 68.3 Å². The van der Waals surface area contributed by atoms with Crippen LogP contribution < -0.4 is 30.7 Å². The summed E-state index contributed by atoms with van der Waals surface area (Å²) in [7, 11) is 0. The standard InChI is InChI=1S/C30H24F3N3O2.2C28H23F3N4O2/c1-18-7-10-20(11-8-18)35-27(37)23-17-19(9-12-24(23)30(31,32)33)22-5-4-6-25-26(22)29(2,3)28(38)36(25)21-13-15-34-16-14-21;1-16-7-10-18(11-8-16)34-24(36)20-15-17(9-12-21(20)28(29,30)31)19-5-4-6-22-23(19)27(2,3)25(37)35(22)26-32-13-14-33-26;1-16-7-10-18(11-8-16)33-25(36)20-15-17(9-12-21(20)28(29,30)31)19-5-4-6-22-24(19)27(2,3)26(37)35(22)23-13-14-32-34-23/h4-17H,1-3H3,(H,35,37);4-15H,1-3H3,(H,32,33)(H,34,36);4-15H,1-3H3,(H,32,34)(H,33,36). The molecule has 0 bridgehead atoms. The van der Waals surface area contributed by atoms with E-state index in [1.165, 1.54) is 58.6 Å². The van der Waals surface area contributed by atoms with Crippen molar-refractivity contribution >= 4 is 87.0 Å². The monoisotopic (exact) mass is 1520 g/mol. The Labute approximate surface area is 636 Å². The lowest BCUT2D eigenvalue weighted by Gasteiger charge is -2.21. The largest absolute Gasteiger partial charge is 0.417 e. The number of nitrogens with one attached hydrogen (secondary N) is 5. The summed E-state index contributed by atoms with van der Waals surface area (Å²) in [5.41, 5.74) is 3.76. The lowest BCUT2D eigenvalue weighted by atomic mass is 9.81. The number of halogens is 9. The van der Waals surface area contributed by atoms with Gasteiger partial charge in [-0.1, -0.05) is 108 Å². The van der Waals surface area contributed by atoms with Gasteiger partial charge in [-0.2, -0.15) is 44.6 Å². The van der Waals surface area contributed by atoms with Crippen LogP contribution in [0, 0.1) is 20.8 Å². The molecule has 112 heavy (non-hydrogen) atoms. The van der Waals surface area contributed by atoms with Crippen LogP contribution in [0.3, 0.4) is 0 Å². The fraction of sp³-hybridized carbons (Fsp3) is 0.174. The second-order valence-electron chi connectivity index (χ2n) is 28.7. The highest BCUT2D eigenvalue weighted by Crippen LogP contribution is 2.54. The molecule has 5 N–H and O–H groups in total. The molecular weight excluding hydrogens is 1450 g/mol. The molecule has 3 aliphatic heterocycles. The van der Waals surface area contributed by atoms with Crippen LogP contribution in [0.5, 0.6) is 0 Å². The number of imidazole rings is 1. The van der Waals surface area contributed by atoms with Crippen LogP contribution in [0.4, 0.5) is 91.1 Å². The molecule has 0 saturated heterocycles. The number of hydrogen-bond acceptors (Lipinski definition) is 9. The average molecular weight is 1520 g/mol. The van der Waals surface area contributed by atoms with E-state index in [-0.39, 0.29) is 17.7 Å². The van der Waals surface area contributed by atoms with Gasteiger partial charge in [-0.25, -0.2) is 9.88 Å². The SMILES string of the molecule is Cc1ccc(NC(=O)c2cc(-c3cccc4c3C(C)(C)C(=O)N4c3ccn[nH]3)ccc2C(F)(F)F)cc1.Cc1ccc(NC(=O)c2cc(-c3cccc4c3C(C)(C)C(=O)N4c3ccncc3)ccc2C(F)(F)F)cc1.Cc1ccc(NC(=O)c2cc(-c3cccc4c3C(C)(C)C(=O)N4c3ncc[nH]3)ccc2C(F)(F)F)cc1. The Morgan fingerprint density at radius 3 is 1.06 bits per heavy atom. The van der Waals surface area contributed by atoms with Gasteiger partial charge < -0.3 is 20.9 Å². The number of rotatable bonds is 12. The molecule has 0 unspecified atom stereocenters. The van der Waals surface area contributed by atoms with Gasteiger partial charge in [0.2, 0.25) is 23.7 Å². The van der Waals surface area contributed by atoms with Crippen molar-refractivity contribution in [3.05, 3.63) is 298 Å². The Balaban J connectivity index is 0.000000147. The third-order valence-corrected chi connectivity index (χ3v) is 19.9. The Morgan fingerprint density at radius 2 is 0.732 bits per heavy atom. The number of carbonyl (C=O) groups excluding carboxylic acids is 6. The first-order valence-electron chi connectivity index (χ1n) is 35.1. The van der Waals surface area contributed by atoms with E-state index >= 15 is 0 Å². The molecular formula is C86H70F9N11O6. The summed E-state index contributed by atoms with van der Waals surface area (Å²) in [5, 5.41) is 14.4. The van der Waals surface area contributed by atoms with E-state index in [4.69, 9.17) is 0 Å². The van der Waals surface area contributed by atoms with Gasteiger partial charge in [0.15, 0.2) is 0 Å². The van der Waals surface area contributed by atoms with Gasteiger partial charge in [-0.05, 0) is 216 Å². The van der Waals surface area contributed by atoms with Crippen molar-refractivity contribution in [2.45, 2.75) is 97.1 Å². The van der Waals surface area contributed by atoms with E-state index in [1.54, 1.807) is 211 Å². The first kappa shape index (κ1) is 76.9. The number of benzene rings is 9. The predicted octanol–water partition coefficient (Wildman–Crippen LogP) is 20.5. The smallest absolute Gasteiger partial charge is 0.330 e. The van der Waals surface area contributed by atoms with Crippen molar-refractivity contribution in [3.63, 3.8) is 0 Å². The first-order chi connectivity index (χ1) is 52.9. The average Bonchev–Trinajstić information content (AvgIpc) is 1.58. The van der Waals surface area contributed by atoms with Crippen molar-refractivity contribution in [2.24, 2.45) is 0 Å². The number of alkyl halides is 9. The number of nitrogens with zero attached hydrogens (tertiary/aromatic N) is 6. The van der Waals surface area contributed by atoms with Crippen molar-refractivity contribution in [1.29, 1.82) is 0 Å². The number of aromatic nitrogens is 5. The quantitative estimate of drug-likeness (QED) is 0.0734. The molecule has 0 radical (unpaired) electrons. The van der Waals surface area contributed by atoms with Gasteiger partial charge in [0, 0.05) is 47.9 Å². The zero-order chi connectivity index (χ0) is 80.3. The van der Waals surface area contributed by atoms with Crippen LogP contribution >= 0.6 is 0 Å². The third-order valence-electron chi connectivity index (χ3n) is 19.9. The van der Waals surface area contributed by atoms with Crippen molar-refractivity contribution in [3.8, 4) is 33.4 Å². The summed E-state index contributed by atoms with van der Waals surface area (Å²) in [4.78, 5) is 95.4. The second-order valence-corrected chi connectivity index (χ2v) is 28.7. The maximum atomic E-state index is 13.9. The van der Waals surface area contributed by atoms with Crippen molar-refractivity contribution < 1.29 is 68.3 Å². The van der Waals surface area contributed by atoms with Gasteiger partial charge in [0.05, 0.1) is 78.6 Å². The highest BCUT2D eigenvalue weighted by Gasteiger charge is 2.50. The number of aromatic amines is 2. The van der Waals surface area contributed by atoms with Crippen molar-refractivity contribution in [1.82, 2.24) is 25.1 Å². The Morgan fingerprint density at radius 1 is 0.393 bits per heavy atom. The number of anilines is 9. The fourth-order valence-corrected chi connectivity index (χ4v) is 14.3. The lowest BCUT2D eigenvalue weighted by molar-refractivity contribution is -0.138. The van der Waals surface area contributed by atoms with Crippen LogP contribution in [-0.4, -0.2) is 60.6 Å². The molecule has 0 fully saturated rings. The summed E-state index contributed by atoms with van der Waals surface area (Å²) >= 11 is 0. The molecule has 9 aromatic carbocycles. The highest BCUT2D eigenvalue weighted by atomic mass is 19.4. The van der Waals surface area contributed by atoms with Gasteiger partial charge in [0.25, 0.3) is 17.7 Å². The molecule has 15 rings (SSSR count). The first-order valence-corrected chi connectivity index (χ1v) is 35.1. The minimum absolute atomic E-state index is 0.171. The van der Waals surface area contributed by atoms with Crippen LogP contribution in [-0.2, 0) is 49.2 Å². The van der Waals surface area contributed by atoms with Gasteiger partial charge >= 0.3 is 18.5 Å². The van der Waals surface area contributed by atoms with Crippen LogP contribution in [0.15, 0.2) is 231 Å². The summed E-state index contributed by atoms with van der Waals surface area (Å²) in [5.74, 6) is -2.39. The van der Waals surface area contributed by atoms with Gasteiger partial charge in [-0.3, -0.25) is 48.6 Å². The van der Waals surface area contributed by atoms with E-state index in [0.717, 1.165) is 34.9 Å². The third kappa shape index (κ3) is 14.7. The summed E-state index contributed by atoms with van der Waals surface area (Å²) in [6.07, 6.45) is -6.35. The zero-order valence-electron chi connectivity index (χ0n) is 61.5. The zero-order valence-corrected chi connectivity index (χ0v) is 61.5. The topological polar surface area (TPSA) is 218 Å². The molecule has 26 heteroatoms. The van der Waals surface area contributed by atoms with Crippen LogP contribution in [0.2, 0.25) is 0 Å². The number of aryl methyl sites for hydroxylation is 3. The lowest BCUT2D eigenvalue weighted by Crippen LogP contribution is -2.33. The number of amides is 6. The molecule has 0 spiro atoms. The number of carbonyl (C=O) groups is 6. The number of pyridine rings is 1. The number of hydrogen-bond donors (Lipinski definition) is 5.